The summed E-state index contributed by atoms with van der Waals surface area (Å²) < 4.78 is 22.1. The lowest BCUT2D eigenvalue weighted by Crippen LogP contribution is -2.13. The van der Waals surface area contributed by atoms with Crippen molar-refractivity contribution in [3.8, 4) is 16.9 Å². The molecule has 0 saturated heterocycles. The molecule has 1 aliphatic carbocycles. The summed E-state index contributed by atoms with van der Waals surface area (Å²) in [5.74, 6) is 1.12. The highest BCUT2D eigenvalue weighted by Crippen LogP contribution is 2.27. The Morgan fingerprint density at radius 1 is 0.711 bits per heavy atom. The lowest BCUT2D eigenvalue weighted by Gasteiger charge is -2.09. The Labute approximate surface area is 223 Å². The van der Waals surface area contributed by atoms with Gasteiger partial charge in [-0.15, -0.1) is 0 Å². The molecule has 0 radical (unpaired) electrons. The van der Waals surface area contributed by atoms with E-state index < -0.39 is 0 Å². The normalized spacial score (nSPS) is 12.5. The summed E-state index contributed by atoms with van der Waals surface area (Å²) in [6, 6.07) is 21.1. The first-order chi connectivity index (χ1) is 18.6. The van der Waals surface area contributed by atoms with Gasteiger partial charge >= 0.3 is 0 Å². The van der Waals surface area contributed by atoms with Gasteiger partial charge in [-0.25, -0.2) is 0 Å². The number of carbonyl (C=O) groups excluding carboxylic acids is 2. The number of rotatable bonds is 16. The van der Waals surface area contributed by atoms with Gasteiger partial charge in [-0.3, -0.25) is 9.59 Å². The predicted octanol–water partition coefficient (Wildman–Crippen LogP) is 4.70. The first-order valence-corrected chi connectivity index (χ1v) is 13.1. The smallest absolute Gasteiger partial charge is 0.162 e. The van der Waals surface area contributed by atoms with Crippen molar-refractivity contribution < 1.29 is 28.5 Å². The second-order valence-corrected chi connectivity index (χ2v) is 9.24. The summed E-state index contributed by atoms with van der Waals surface area (Å²) in [7, 11) is 0. The third-order valence-corrected chi connectivity index (χ3v) is 6.31. The summed E-state index contributed by atoms with van der Waals surface area (Å²) in [5, 5.41) is 0. The molecule has 1 aliphatic rings. The minimum absolute atomic E-state index is 0.0977. The Bertz CT molecular complexity index is 1210. The van der Waals surface area contributed by atoms with Gasteiger partial charge in [-0.2, -0.15) is 0 Å². The fourth-order valence-electron chi connectivity index (χ4n) is 4.31. The van der Waals surface area contributed by atoms with Crippen molar-refractivity contribution in [2.24, 2.45) is 0 Å². The number of benzene rings is 3. The third-order valence-electron chi connectivity index (χ3n) is 6.31. The van der Waals surface area contributed by atoms with Crippen LogP contribution in [0.2, 0.25) is 0 Å². The van der Waals surface area contributed by atoms with E-state index in [0.717, 1.165) is 28.0 Å². The molecule has 0 unspecified atom stereocenters. The SMILES string of the molecule is Nc1ccc(OCCOCCOCCOCCCC(=O)c2cccc(-c3ccc4c(c3)CC(=O)C4)c2)cc1. The van der Waals surface area contributed by atoms with Gasteiger partial charge in [0, 0.05) is 37.1 Å². The third kappa shape index (κ3) is 8.52. The zero-order valence-corrected chi connectivity index (χ0v) is 21.7. The molecule has 4 rings (SSSR count). The maximum absolute atomic E-state index is 12.7. The number of anilines is 1. The van der Waals surface area contributed by atoms with Crippen LogP contribution >= 0.6 is 0 Å². The Morgan fingerprint density at radius 3 is 2.13 bits per heavy atom. The summed E-state index contributed by atoms with van der Waals surface area (Å²) in [6.45, 7) is 3.38. The molecule has 0 bridgehead atoms. The largest absolute Gasteiger partial charge is 0.491 e. The average Bonchev–Trinajstić information content (AvgIpc) is 3.31. The molecule has 0 amide bonds. The lowest BCUT2D eigenvalue weighted by atomic mass is 9.97. The molecule has 0 heterocycles. The molecule has 0 atom stereocenters. The van der Waals surface area contributed by atoms with Gasteiger partial charge in [-0.05, 0) is 59.0 Å². The molecule has 0 saturated carbocycles. The molecule has 3 aromatic rings. The van der Waals surface area contributed by atoms with E-state index in [9.17, 15) is 9.59 Å². The van der Waals surface area contributed by atoms with Gasteiger partial charge in [0.2, 0.25) is 0 Å². The number of ketones is 2. The monoisotopic (exact) mass is 517 g/mol. The first-order valence-electron chi connectivity index (χ1n) is 13.1. The second-order valence-electron chi connectivity index (χ2n) is 9.24. The highest BCUT2D eigenvalue weighted by atomic mass is 16.6. The zero-order chi connectivity index (χ0) is 26.6. The van der Waals surface area contributed by atoms with E-state index in [-0.39, 0.29) is 11.6 Å². The molecule has 0 aliphatic heterocycles. The van der Waals surface area contributed by atoms with E-state index in [1.54, 1.807) is 12.1 Å². The number of Topliss-reactive ketones (excluding diaryl/α,β-unsaturated/α-hetero) is 2. The number of fused-ring (bicyclic) bond motifs is 1. The predicted molar refractivity (Wildman–Crippen MR) is 147 cm³/mol. The number of hydrogen-bond acceptors (Lipinski definition) is 7. The van der Waals surface area contributed by atoms with Crippen molar-refractivity contribution in [1.82, 2.24) is 0 Å². The van der Waals surface area contributed by atoms with Gasteiger partial charge in [-0.1, -0.05) is 36.4 Å². The fraction of sp³-hybridized carbons (Fsp3) is 0.355. The molecule has 0 aromatic heterocycles. The van der Waals surface area contributed by atoms with Gasteiger partial charge in [0.1, 0.15) is 18.1 Å². The van der Waals surface area contributed by atoms with Crippen molar-refractivity contribution >= 4 is 17.3 Å². The molecule has 2 N–H and O–H groups in total. The number of nitrogens with two attached hydrogens (primary N) is 1. The van der Waals surface area contributed by atoms with Crippen molar-refractivity contribution in [2.45, 2.75) is 25.7 Å². The average molecular weight is 518 g/mol. The quantitative estimate of drug-likeness (QED) is 0.167. The zero-order valence-electron chi connectivity index (χ0n) is 21.7. The maximum atomic E-state index is 12.7. The van der Waals surface area contributed by atoms with E-state index in [2.05, 4.69) is 6.07 Å². The standard InChI is InChI=1S/C31H35NO6/c32-28-8-10-30(11-9-28)38-18-17-37-16-15-36-14-13-35-12-2-5-31(34)26-4-1-3-23(19-26)24-6-7-25-21-29(33)22-27(25)20-24/h1,3-4,6-11,19-20H,2,5,12-18,21-22,32H2. The molecular formula is C31H35NO6. The number of carbonyl (C=O) groups is 2. The Kier molecular flexibility index (Phi) is 10.4. The van der Waals surface area contributed by atoms with Crippen LogP contribution in [0.1, 0.15) is 34.3 Å². The number of nitrogen functional groups attached to an aromatic ring is 1. The molecule has 7 heteroatoms. The Hall–Kier alpha value is -3.52. The minimum Gasteiger partial charge on any atom is -0.491 e. The van der Waals surface area contributed by atoms with Crippen LogP contribution in [0.3, 0.4) is 0 Å². The topological polar surface area (TPSA) is 97.1 Å². The van der Waals surface area contributed by atoms with Gasteiger partial charge < -0.3 is 24.7 Å². The molecule has 38 heavy (non-hydrogen) atoms. The van der Waals surface area contributed by atoms with E-state index in [1.165, 1.54) is 0 Å². The van der Waals surface area contributed by atoms with Crippen molar-refractivity contribution in [1.29, 1.82) is 0 Å². The molecule has 0 spiro atoms. The lowest BCUT2D eigenvalue weighted by molar-refractivity contribution is -0.117. The number of ether oxygens (including phenoxy) is 4. The minimum atomic E-state index is 0.0977. The summed E-state index contributed by atoms with van der Waals surface area (Å²) in [6.07, 6.45) is 2.11. The second kappa shape index (κ2) is 14.4. The summed E-state index contributed by atoms with van der Waals surface area (Å²) in [5.41, 5.74) is 11.3. The number of hydrogen-bond donors (Lipinski definition) is 1. The van der Waals surface area contributed by atoms with Crippen LogP contribution in [0.5, 0.6) is 5.75 Å². The van der Waals surface area contributed by atoms with Gasteiger partial charge in [0.15, 0.2) is 5.78 Å². The maximum Gasteiger partial charge on any atom is 0.162 e. The fourth-order valence-corrected chi connectivity index (χ4v) is 4.31. The van der Waals surface area contributed by atoms with Crippen molar-refractivity contribution in [2.75, 3.05) is 52.0 Å². The van der Waals surface area contributed by atoms with E-state index >= 15 is 0 Å². The van der Waals surface area contributed by atoms with Crippen LogP contribution in [-0.4, -0.2) is 57.8 Å². The van der Waals surface area contributed by atoms with E-state index in [1.807, 2.05) is 48.5 Å². The first kappa shape index (κ1) is 27.5. The Balaban J connectivity index is 1.03. The summed E-state index contributed by atoms with van der Waals surface area (Å²) in [4.78, 5) is 24.4. The Morgan fingerprint density at radius 2 is 1.37 bits per heavy atom. The van der Waals surface area contributed by atoms with Gasteiger partial charge in [0.05, 0.1) is 33.0 Å². The van der Waals surface area contributed by atoms with Crippen LogP contribution in [0, 0.1) is 0 Å². The van der Waals surface area contributed by atoms with Crippen LogP contribution in [0.15, 0.2) is 66.7 Å². The molecule has 200 valence electrons. The van der Waals surface area contributed by atoms with Crippen molar-refractivity contribution in [3.05, 3.63) is 83.4 Å². The van der Waals surface area contributed by atoms with Crippen LogP contribution in [0.4, 0.5) is 5.69 Å². The molecule has 3 aromatic carbocycles. The van der Waals surface area contributed by atoms with E-state index in [4.69, 9.17) is 24.7 Å². The van der Waals surface area contributed by atoms with Crippen LogP contribution in [0.25, 0.3) is 11.1 Å². The van der Waals surface area contributed by atoms with Crippen LogP contribution in [-0.2, 0) is 31.8 Å². The van der Waals surface area contributed by atoms with Crippen LogP contribution < -0.4 is 10.5 Å². The van der Waals surface area contributed by atoms with Crippen molar-refractivity contribution in [3.63, 3.8) is 0 Å². The highest BCUT2D eigenvalue weighted by Gasteiger charge is 2.18. The molecule has 7 nitrogen and oxygen atoms in total. The highest BCUT2D eigenvalue weighted by molar-refractivity contribution is 5.97. The molecular weight excluding hydrogens is 482 g/mol. The molecule has 0 fully saturated rings. The van der Waals surface area contributed by atoms with E-state index in [0.29, 0.717) is 83.2 Å². The summed E-state index contributed by atoms with van der Waals surface area (Å²) >= 11 is 0. The van der Waals surface area contributed by atoms with Gasteiger partial charge in [0.25, 0.3) is 0 Å².